The van der Waals surface area contributed by atoms with Crippen molar-refractivity contribution in [3.8, 4) is 0 Å². The van der Waals surface area contributed by atoms with E-state index in [0.717, 1.165) is 25.7 Å². The smallest absolute Gasteiger partial charge is 0.316 e. The maximum absolute atomic E-state index is 12.3. The Morgan fingerprint density at radius 2 is 1.71 bits per heavy atom. The molecule has 1 unspecified atom stereocenters. The number of esters is 1. The highest BCUT2D eigenvalue weighted by Crippen LogP contribution is 2.31. The predicted octanol–water partition coefficient (Wildman–Crippen LogP) is 3.23. The zero-order valence-corrected chi connectivity index (χ0v) is 14.4. The van der Waals surface area contributed by atoms with Crippen LogP contribution in [0.1, 0.15) is 73.6 Å². The summed E-state index contributed by atoms with van der Waals surface area (Å²) in [5.74, 6) is -1.01. The first-order valence-corrected chi connectivity index (χ1v) is 8.06. The van der Waals surface area contributed by atoms with E-state index in [9.17, 15) is 9.59 Å². The van der Waals surface area contributed by atoms with E-state index in [-0.39, 0.29) is 28.9 Å². The number of ether oxygens (including phenoxy) is 1. The third-order valence-corrected chi connectivity index (χ3v) is 4.06. The van der Waals surface area contributed by atoms with Crippen molar-refractivity contribution in [1.82, 2.24) is 5.32 Å². The van der Waals surface area contributed by atoms with Crippen molar-refractivity contribution in [3.05, 3.63) is 0 Å². The summed E-state index contributed by atoms with van der Waals surface area (Å²) in [5.41, 5.74) is -0.135. The third kappa shape index (κ3) is 5.77. The van der Waals surface area contributed by atoms with Gasteiger partial charge in [0.25, 0.3) is 0 Å². The molecule has 0 aromatic heterocycles. The van der Waals surface area contributed by atoms with Gasteiger partial charge < -0.3 is 10.1 Å². The molecule has 0 aromatic rings. The molecule has 1 fully saturated rings. The summed E-state index contributed by atoms with van der Waals surface area (Å²) < 4.78 is 5.68. The molecule has 0 aliphatic carbocycles. The Balaban J connectivity index is 2.69. The van der Waals surface area contributed by atoms with Gasteiger partial charge in [0.15, 0.2) is 0 Å². The molecule has 1 saturated heterocycles. The molecule has 0 aromatic carbocycles. The molecule has 1 aliphatic rings. The van der Waals surface area contributed by atoms with Gasteiger partial charge in [-0.15, -0.1) is 0 Å². The van der Waals surface area contributed by atoms with Crippen LogP contribution in [0.4, 0.5) is 0 Å². The number of Topliss-reactive ketones (excluding diaryl/α,β-unsaturated/α-hetero) is 1. The van der Waals surface area contributed by atoms with Gasteiger partial charge in [-0.2, -0.15) is 0 Å². The highest BCUT2D eigenvalue weighted by molar-refractivity contribution is 5.97. The van der Waals surface area contributed by atoms with E-state index in [1.165, 1.54) is 6.92 Å². The number of rotatable bonds is 6. The molecular weight excluding hydrogens is 266 g/mol. The lowest BCUT2D eigenvalue weighted by molar-refractivity contribution is -0.160. The van der Waals surface area contributed by atoms with Crippen LogP contribution in [0.15, 0.2) is 0 Å². The highest BCUT2D eigenvalue weighted by atomic mass is 16.5. The van der Waals surface area contributed by atoms with Crippen molar-refractivity contribution in [3.63, 3.8) is 0 Å². The van der Waals surface area contributed by atoms with Crippen LogP contribution in [0.3, 0.4) is 0 Å². The van der Waals surface area contributed by atoms with Gasteiger partial charge in [0.2, 0.25) is 0 Å². The Kier molecular flexibility index (Phi) is 5.97. The molecular formula is C17H31NO3. The molecule has 0 radical (unpaired) electrons. The summed E-state index contributed by atoms with van der Waals surface area (Å²) in [5, 5.41) is 3.56. The zero-order chi connectivity index (χ0) is 16.3. The first kappa shape index (κ1) is 18.1. The largest absolute Gasteiger partial charge is 0.462 e. The van der Waals surface area contributed by atoms with Gasteiger partial charge in [0.1, 0.15) is 17.8 Å². The average molecular weight is 297 g/mol. The Hall–Kier alpha value is -0.900. The standard InChI is InChI=1S/C17H31NO3/c1-7-8-9-14(12(2)19)15(20)21-13-10-16(3,4)18-17(5,6)11-13/h13-14,18H,7-11H2,1-6H3. The Morgan fingerprint density at radius 3 is 2.14 bits per heavy atom. The number of hydrogen-bond acceptors (Lipinski definition) is 4. The second-order valence-corrected chi connectivity index (χ2v) is 7.67. The average Bonchev–Trinajstić information content (AvgIpc) is 2.24. The lowest BCUT2D eigenvalue weighted by Gasteiger charge is -2.46. The number of carbonyl (C=O) groups is 2. The van der Waals surface area contributed by atoms with Crippen molar-refractivity contribution in [2.45, 2.75) is 90.8 Å². The van der Waals surface area contributed by atoms with Crippen LogP contribution in [0.5, 0.6) is 0 Å². The monoisotopic (exact) mass is 297 g/mol. The topological polar surface area (TPSA) is 55.4 Å². The first-order valence-electron chi connectivity index (χ1n) is 8.06. The van der Waals surface area contributed by atoms with Gasteiger partial charge in [-0.1, -0.05) is 19.8 Å². The molecule has 1 N–H and O–H groups in total. The zero-order valence-electron chi connectivity index (χ0n) is 14.4. The van der Waals surface area contributed by atoms with E-state index in [4.69, 9.17) is 4.74 Å². The fraction of sp³-hybridized carbons (Fsp3) is 0.882. The van der Waals surface area contributed by atoms with Gasteiger partial charge in [-0.3, -0.25) is 9.59 Å². The molecule has 21 heavy (non-hydrogen) atoms. The Morgan fingerprint density at radius 1 is 1.19 bits per heavy atom. The van der Waals surface area contributed by atoms with Gasteiger partial charge in [-0.05, 0) is 41.0 Å². The van der Waals surface area contributed by atoms with Crippen molar-refractivity contribution in [2.24, 2.45) is 5.92 Å². The minimum absolute atomic E-state index is 0.0676. The van der Waals surface area contributed by atoms with Crippen molar-refractivity contribution >= 4 is 11.8 Å². The number of piperidine rings is 1. The number of hydrogen-bond donors (Lipinski definition) is 1. The maximum Gasteiger partial charge on any atom is 0.316 e. The summed E-state index contributed by atoms with van der Waals surface area (Å²) in [6.45, 7) is 12.0. The molecule has 0 bridgehead atoms. The molecule has 1 atom stereocenters. The fourth-order valence-corrected chi connectivity index (χ4v) is 3.45. The van der Waals surface area contributed by atoms with E-state index in [1.54, 1.807) is 0 Å². The highest BCUT2D eigenvalue weighted by Gasteiger charge is 2.40. The van der Waals surface area contributed by atoms with Crippen LogP contribution in [-0.2, 0) is 14.3 Å². The summed E-state index contributed by atoms with van der Waals surface area (Å²) in [6, 6.07) is 0. The lowest BCUT2D eigenvalue weighted by atomic mass is 9.81. The number of unbranched alkanes of at least 4 members (excludes halogenated alkanes) is 1. The van der Waals surface area contributed by atoms with Crippen molar-refractivity contribution in [2.75, 3.05) is 0 Å². The quantitative estimate of drug-likeness (QED) is 0.604. The van der Waals surface area contributed by atoms with E-state index < -0.39 is 5.92 Å². The second-order valence-electron chi connectivity index (χ2n) is 7.67. The van der Waals surface area contributed by atoms with Gasteiger partial charge in [0.05, 0.1) is 0 Å². The fourth-order valence-electron chi connectivity index (χ4n) is 3.45. The summed E-state index contributed by atoms with van der Waals surface area (Å²) in [6.07, 6.45) is 3.89. The van der Waals surface area contributed by atoms with Gasteiger partial charge >= 0.3 is 5.97 Å². The number of nitrogens with one attached hydrogen (secondary N) is 1. The Labute approximate surface area is 129 Å². The minimum Gasteiger partial charge on any atom is -0.462 e. The van der Waals surface area contributed by atoms with Crippen LogP contribution < -0.4 is 5.32 Å². The number of carbonyl (C=O) groups excluding carboxylic acids is 2. The van der Waals surface area contributed by atoms with Gasteiger partial charge in [-0.25, -0.2) is 0 Å². The first-order chi connectivity index (χ1) is 9.56. The lowest BCUT2D eigenvalue weighted by Crippen LogP contribution is -2.59. The molecule has 122 valence electrons. The molecule has 0 saturated carbocycles. The second kappa shape index (κ2) is 6.91. The van der Waals surface area contributed by atoms with E-state index in [0.29, 0.717) is 6.42 Å². The Bertz CT molecular complexity index is 371. The SMILES string of the molecule is CCCCC(C(C)=O)C(=O)OC1CC(C)(C)NC(C)(C)C1. The minimum atomic E-state index is -0.592. The van der Waals surface area contributed by atoms with Crippen molar-refractivity contribution in [1.29, 1.82) is 0 Å². The molecule has 4 nitrogen and oxygen atoms in total. The van der Waals surface area contributed by atoms with E-state index in [1.807, 2.05) is 0 Å². The molecule has 1 rings (SSSR count). The third-order valence-electron chi connectivity index (χ3n) is 4.06. The van der Waals surface area contributed by atoms with Crippen LogP contribution in [0.25, 0.3) is 0 Å². The van der Waals surface area contributed by atoms with Crippen LogP contribution >= 0.6 is 0 Å². The van der Waals surface area contributed by atoms with E-state index >= 15 is 0 Å². The molecule has 4 heteroatoms. The molecule has 0 amide bonds. The van der Waals surface area contributed by atoms with Gasteiger partial charge in [0, 0.05) is 23.9 Å². The maximum atomic E-state index is 12.3. The predicted molar refractivity (Wildman–Crippen MR) is 84.1 cm³/mol. The number of ketones is 1. The molecule has 1 heterocycles. The van der Waals surface area contributed by atoms with Crippen LogP contribution in [0, 0.1) is 5.92 Å². The van der Waals surface area contributed by atoms with Crippen molar-refractivity contribution < 1.29 is 14.3 Å². The van der Waals surface area contributed by atoms with E-state index in [2.05, 4.69) is 39.9 Å². The summed E-state index contributed by atoms with van der Waals surface area (Å²) in [7, 11) is 0. The summed E-state index contributed by atoms with van der Waals surface area (Å²) in [4.78, 5) is 24.0. The van der Waals surface area contributed by atoms with Crippen LogP contribution in [0.2, 0.25) is 0 Å². The van der Waals surface area contributed by atoms with Crippen LogP contribution in [-0.4, -0.2) is 28.9 Å². The summed E-state index contributed by atoms with van der Waals surface area (Å²) >= 11 is 0. The molecule has 1 aliphatic heterocycles. The molecule has 0 spiro atoms. The normalized spacial score (nSPS) is 22.6.